The SMILES string of the molecule is NC(CCCc1ccccc1)c1ccccc1C1CCC1. The van der Waals surface area contributed by atoms with Crippen LogP contribution in [-0.4, -0.2) is 0 Å². The van der Waals surface area contributed by atoms with E-state index in [1.54, 1.807) is 0 Å². The molecule has 0 spiro atoms. The van der Waals surface area contributed by atoms with E-state index < -0.39 is 0 Å². The lowest BCUT2D eigenvalue weighted by atomic mass is 9.77. The molecule has 0 amide bonds. The molecule has 110 valence electrons. The molecule has 1 saturated carbocycles. The second kappa shape index (κ2) is 6.91. The number of rotatable bonds is 6. The molecule has 2 aromatic rings. The van der Waals surface area contributed by atoms with Crippen molar-refractivity contribution in [2.24, 2.45) is 5.73 Å². The van der Waals surface area contributed by atoms with Crippen LogP contribution in [-0.2, 0) is 6.42 Å². The Balaban J connectivity index is 1.59. The van der Waals surface area contributed by atoms with Gasteiger partial charge in [0.2, 0.25) is 0 Å². The fraction of sp³-hybridized carbons (Fsp3) is 0.400. The van der Waals surface area contributed by atoms with E-state index in [0.29, 0.717) is 0 Å². The molecule has 1 fully saturated rings. The Bertz CT molecular complexity index is 557. The van der Waals surface area contributed by atoms with E-state index >= 15 is 0 Å². The van der Waals surface area contributed by atoms with Crippen LogP contribution in [0.1, 0.15) is 60.8 Å². The van der Waals surface area contributed by atoms with Crippen molar-refractivity contribution in [1.82, 2.24) is 0 Å². The van der Waals surface area contributed by atoms with Crippen molar-refractivity contribution in [3.63, 3.8) is 0 Å². The zero-order chi connectivity index (χ0) is 14.5. The van der Waals surface area contributed by atoms with Crippen LogP contribution in [0.15, 0.2) is 54.6 Å². The minimum absolute atomic E-state index is 0.186. The highest BCUT2D eigenvalue weighted by Gasteiger charge is 2.23. The maximum atomic E-state index is 6.48. The molecule has 1 aliphatic carbocycles. The first-order valence-electron chi connectivity index (χ1n) is 8.23. The molecular formula is C20H25N. The van der Waals surface area contributed by atoms with Gasteiger partial charge in [-0.05, 0) is 54.7 Å². The van der Waals surface area contributed by atoms with E-state index in [2.05, 4.69) is 54.6 Å². The topological polar surface area (TPSA) is 26.0 Å². The molecule has 0 bridgehead atoms. The summed E-state index contributed by atoms with van der Waals surface area (Å²) in [6, 6.07) is 19.7. The Hall–Kier alpha value is -1.60. The van der Waals surface area contributed by atoms with Crippen molar-refractivity contribution in [1.29, 1.82) is 0 Å². The predicted molar refractivity (Wildman–Crippen MR) is 89.3 cm³/mol. The average Bonchev–Trinajstić information content (AvgIpc) is 2.47. The number of benzene rings is 2. The fourth-order valence-electron chi connectivity index (χ4n) is 3.27. The van der Waals surface area contributed by atoms with Crippen LogP contribution >= 0.6 is 0 Å². The normalized spacial score (nSPS) is 16.4. The van der Waals surface area contributed by atoms with E-state index in [1.807, 2.05) is 0 Å². The van der Waals surface area contributed by atoms with Gasteiger partial charge in [-0.3, -0.25) is 0 Å². The van der Waals surface area contributed by atoms with Gasteiger partial charge in [0.15, 0.2) is 0 Å². The third kappa shape index (κ3) is 3.54. The van der Waals surface area contributed by atoms with E-state index in [1.165, 1.54) is 36.0 Å². The summed E-state index contributed by atoms with van der Waals surface area (Å²) >= 11 is 0. The maximum absolute atomic E-state index is 6.48. The van der Waals surface area contributed by atoms with Crippen molar-refractivity contribution < 1.29 is 0 Å². The summed E-state index contributed by atoms with van der Waals surface area (Å²) < 4.78 is 0. The minimum Gasteiger partial charge on any atom is -0.324 e. The van der Waals surface area contributed by atoms with Gasteiger partial charge in [0.05, 0.1) is 0 Å². The molecule has 3 rings (SSSR count). The van der Waals surface area contributed by atoms with E-state index in [-0.39, 0.29) is 6.04 Å². The monoisotopic (exact) mass is 279 g/mol. The van der Waals surface area contributed by atoms with E-state index in [4.69, 9.17) is 5.73 Å². The summed E-state index contributed by atoms with van der Waals surface area (Å²) in [5, 5.41) is 0. The van der Waals surface area contributed by atoms with Crippen LogP contribution in [0, 0.1) is 0 Å². The highest BCUT2D eigenvalue weighted by Crippen LogP contribution is 2.39. The zero-order valence-electron chi connectivity index (χ0n) is 12.7. The highest BCUT2D eigenvalue weighted by molar-refractivity contribution is 5.34. The van der Waals surface area contributed by atoms with Crippen molar-refractivity contribution in [2.45, 2.75) is 50.5 Å². The largest absolute Gasteiger partial charge is 0.324 e. The summed E-state index contributed by atoms with van der Waals surface area (Å²) in [6.45, 7) is 0. The molecule has 0 radical (unpaired) electrons. The van der Waals surface area contributed by atoms with Gasteiger partial charge in [-0.1, -0.05) is 61.0 Å². The van der Waals surface area contributed by atoms with Crippen LogP contribution in [0.2, 0.25) is 0 Å². The van der Waals surface area contributed by atoms with Crippen molar-refractivity contribution >= 4 is 0 Å². The first-order chi connectivity index (χ1) is 10.3. The molecule has 1 heteroatoms. The average molecular weight is 279 g/mol. The van der Waals surface area contributed by atoms with Crippen LogP contribution < -0.4 is 5.73 Å². The molecule has 1 atom stereocenters. The van der Waals surface area contributed by atoms with Gasteiger partial charge in [-0.15, -0.1) is 0 Å². The summed E-state index contributed by atoms with van der Waals surface area (Å²) in [4.78, 5) is 0. The molecule has 1 unspecified atom stereocenters. The first-order valence-corrected chi connectivity index (χ1v) is 8.23. The molecule has 0 aromatic heterocycles. The van der Waals surface area contributed by atoms with E-state index in [0.717, 1.165) is 25.2 Å². The van der Waals surface area contributed by atoms with Gasteiger partial charge < -0.3 is 5.73 Å². The Morgan fingerprint density at radius 1 is 0.952 bits per heavy atom. The van der Waals surface area contributed by atoms with Gasteiger partial charge in [0.1, 0.15) is 0 Å². The first kappa shape index (κ1) is 14.3. The van der Waals surface area contributed by atoms with E-state index in [9.17, 15) is 0 Å². The molecule has 2 N–H and O–H groups in total. The number of hydrogen-bond acceptors (Lipinski definition) is 1. The molecule has 21 heavy (non-hydrogen) atoms. The lowest BCUT2D eigenvalue weighted by Gasteiger charge is -2.29. The van der Waals surface area contributed by atoms with Crippen LogP contribution in [0.25, 0.3) is 0 Å². The summed E-state index contributed by atoms with van der Waals surface area (Å²) in [5.74, 6) is 0.765. The summed E-state index contributed by atoms with van der Waals surface area (Å²) in [6.07, 6.45) is 7.41. The molecule has 0 heterocycles. The Kier molecular flexibility index (Phi) is 4.72. The van der Waals surface area contributed by atoms with Gasteiger partial charge in [0.25, 0.3) is 0 Å². The van der Waals surface area contributed by atoms with Crippen molar-refractivity contribution in [2.75, 3.05) is 0 Å². The number of hydrogen-bond donors (Lipinski definition) is 1. The van der Waals surface area contributed by atoms with Gasteiger partial charge in [-0.25, -0.2) is 0 Å². The molecular weight excluding hydrogens is 254 g/mol. The third-order valence-electron chi connectivity index (χ3n) is 4.76. The number of nitrogens with two attached hydrogens (primary N) is 1. The van der Waals surface area contributed by atoms with Gasteiger partial charge >= 0.3 is 0 Å². The standard InChI is InChI=1S/C20H25N/c21-20(15-6-10-16-8-2-1-3-9-16)19-14-5-4-13-18(19)17-11-7-12-17/h1-5,8-9,13-14,17,20H,6-7,10-12,15,21H2. The quantitative estimate of drug-likeness (QED) is 0.793. The lowest BCUT2D eigenvalue weighted by Crippen LogP contribution is -2.17. The molecule has 0 saturated heterocycles. The Morgan fingerprint density at radius 3 is 2.38 bits per heavy atom. The molecule has 1 nitrogen and oxygen atoms in total. The third-order valence-corrected chi connectivity index (χ3v) is 4.76. The highest BCUT2D eigenvalue weighted by atomic mass is 14.6. The van der Waals surface area contributed by atoms with Crippen molar-refractivity contribution in [3.8, 4) is 0 Å². The second-order valence-electron chi connectivity index (χ2n) is 6.24. The minimum atomic E-state index is 0.186. The van der Waals surface area contributed by atoms with Gasteiger partial charge in [0, 0.05) is 6.04 Å². The maximum Gasteiger partial charge on any atom is 0.0297 e. The lowest BCUT2D eigenvalue weighted by molar-refractivity contribution is 0.414. The molecule has 1 aliphatic rings. The summed E-state index contributed by atoms with van der Waals surface area (Å²) in [7, 11) is 0. The molecule has 0 aliphatic heterocycles. The Labute approximate surface area is 128 Å². The molecule has 2 aromatic carbocycles. The second-order valence-corrected chi connectivity index (χ2v) is 6.24. The van der Waals surface area contributed by atoms with Crippen LogP contribution in [0.4, 0.5) is 0 Å². The van der Waals surface area contributed by atoms with Gasteiger partial charge in [-0.2, -0.15) is 0 Å². The van der Waals surface area contributed by atoms with Crippen LogP contribution in [0.3, 0.4) is 0 Å². The van der Waals surface area contributed by atoms with Crippen LogP contribution in [0.5, 0.6) is 0 Å². The summed E-state index contributed by atoms with van der Waals surface area (Å²) in [5.41, 5.74) is 10.8. The number of aryl methyl sites for hydroxylation is 1. The zero-order valence-corrected chi connectivity index (χ0v) is 12.7. The van der Waals surface area contributed by atoms with Crippen molar-refractivity contribution in [3.05, 3.63) is 71.3 Å². The smallest absolute Gasteiger partial charge is 0.0297 e. The fourth-order valence-corrected chi connectivity index (χ4v) is 3.27. The Morgan fingerprint density at radius 2 is 1.67 bits per heavy atom. The predicted octanol–water partition coefficient (Wildman–Crippen LogP) is 4.98.